The highest BCUT2D eigenvalue weighted by atomic mass is 32.2. The first-order chi connectivity index (χ1) is 12.8. The smallest absolute Gasteiger partial charge is 0.251 e. The zero-order chi connectivity index (χ0) is 19.4. The number of aryl methyl sites for hydroxylation is 1. The third-order valence-corrected chi connectivity index (χ3v) is 4.55. The molecule has 1 amide bonds. The SMILES string of the molecule is Cc1nccn1-c1ccc(CNC(=O)c2ccc(NS(C)(=O)=O)cc2)cc1. The van der Waals surface area contributed by atoms with E-state index in [1.807, 2.05) is 42.0 Å². The van der Waals surface area contributed by atoms with Gasteiger partial charge in [0.2, 0.25) is 10.0 Å². The number of imidazole rings is 1. The lowest BCUT2D eigenvalue weighted by Crippen LogP contribution is -2.22. The molecule has 140 valence electrons. The molecule has 0 atom stereocenters. The van der Waals surface area contributed by atoms with Gasteiger partial charge in [0.05, 0.1) is 6.26 Å². The van der Waals surface area contributed by atoms with Gasteiger partial charge in [0.15, 0.2) is 0 Å². The van der Waals surface area contributed by atoms with Crippen LogP contribution in [0.15, 0.2) is 60.9 Å². The van der Waals surface area contributed by atoms with Gasteiger partial charge >= 0.3 is 0 Å². The normalized spacial score (nSPS) is 11.2. The number of nitrogens with zero attached hydrogens (tertiary/aromatic N) is 2. The van der Waals surface area contributed by atoms with Gasteiger partial charge in [0.1, 0.15) is 5.82 Å². The number of carbonyl (C=O) groups excluding carboxylic acids is 1. The van der Waals surface area contributed by atoms with Crippen molar-refractivity contribution in [3.05, 3.63) is 77.9 Å². The summed E-state index contributed by atoms with van der Waals surface area (Å²) in [5, 5.41) is 2.85. The van der Waals surface area contributed by atoms with Crippen molar-refractivity contribution in [1.29, 1.82) is 0 Å². The van der Waals surface area contributed by atoms with Crippen LogP contribution in [-0.2, 0) is 16.6 Å². The van der Waals surface area contributed by atoms with Crippen molar-refractivity contribution in [2.45, 2.75) is 13.5 Å². The summed E-state index contributed by atoms with van der Waals surface area (Å²) in [6.07, 6.45) is 4.72. The van der Waals surface area contributed by atoms with Gasteiger partial charge in [-0.1, -0.05) is 12.1 Å². The summed E-state index contributed by atoms with van der Waals surface area (Å²) in [5.74, 6) is 0.681. The number of rotatable bonds is 6. The van der Waals surface area contributed by atoms with Crippen molar-refractivity contribution < 1.29 is 13.2 Å². The van der Waals surface area contributed by atoms with Crippen molar-refractivity contribution in [2.24, 2.45) is 0 Å². The van der Waals surface area contributed by atoms with E-state index in [1.54, 1.807) is 30.5 Å². The molecule has 8 heteroatoms. The number of sulfonamides is 1. The Kier molecular flexibility index (Phi) is 5.27. The highest BCUT2D eigenvalue weighted by Crippen LogP contribution is 2.13. The first-order valence-corrected chi connectivity index (χ1v) is 10.2. The molecule has 0 spiro atoms. The molecule has 1 aromatic heterocycles. The van der Waals surface area contributed by atoms with Gasteiger partial charge in [-0.25, -0.2) is 13.4 Å². The van der Waals surface area contributed by atoms with Crippen molar-refractivity contribution in [3.63, 3.8) is 0 Å². The number of carbonyl (C=O) groups is 1. The minimum absolute atomic E-state index is 0.226. The molecule has 0 aliphatic heterocycles. The van der Waals surface area contributed by atoms with Crippen molar-refractivity contribution in [3.8, 4) is 5.69 Å². The topological polar surface area (TPSA) is 93.1 Å². The highest BCUT2D eigenvalue weighted by Gasteiger charge is 2.07. The van der Waals surface area contributed by atoms with Gasteiger partial charge in [-0.15, -0.1) is 0 Å². The van der Waals surface area contributed by atoms with Crippen LogP contribution in [0.4, 0.5) is 5.69 Å². The van der Waals surface area contributed by atoms with Gasteiger partial charge in [0.25, 0.3) is 5.91 Å². The van der Waals surface area contributed by atoms with Crippen LogP contribution in [0.3, 0.4) is 0 Å². The van der Waals surface area contributed by atoms with Crippen LogP contribution in [0, 0.1) is 6.92 Å². The minimum Gasteiger partial charge on any atom is -0.348 e. The third kappa shape index (κ3) is 4.95. The van der Waals surface area contributed by atoms with E-state index < -0.39 is 10.0 Å². The van der Waals surface area contributed by atoms with Gasteiger partial charge in [-0.2, -0.15) is 0 Å². The molecule has 2 aromatic carbocycles. The second kappa shape index (κ2) is 7.63. The van der Waals surface area contributed by atoms with Crippen LogP contribution in [0.25, 0.3) is 5.69 Å². The molecular formula is C19H20N4O3S. The molecule has 2 N–H and O–H groups in total. The molecule has 0 unspecified atom stereocenters. The summed E-state index contributed by atoms with van der Waals surface area (Å²) in [6.45, 7) is 2.33. The second-order valence-corrected chi connectivity index (χ2v) is 7.89. The molecule has 0 saturated carbocycles. The largest absolute Gasteiger partial charge is 0.348 e. The van der Waals surface area contributed by atoms with E-state index >= 15 is 0 Å². The van der Waals surface area contributed by atoms with Crippen molar-refractivity contribution >= 4 is 21.6 Å². The van der Waals surface area contributed by atoms with Gasteiger partial charge in [-0.3, -0.25) is 9.52 Å². The molecular weight excluding hydrogens is 364 g/mol. The Hall–Kier alpha value is -3.13. The summed E-state index contributed by atoms with van der Waals surface area (Å²) in [5.41, 5.74) is 2.86. The van der Waals surface area contributed by atoms with E-state index in [1.165, 1.54) is 0 Å². The number of amides is 1. The quantitative estimate of drug-likeness (QED) is 0.683. The summed E-state index contributed by atoms with van der Waals surface area (Å²) < 4.78 is 26.7. The van der Waals surface area contributed by atoms with Crippen molar-refractivity contribution in [1.82, 2.24) is 14.9 Å². The summed E-state index contributed by atoms with van der Waals surface area (Å²) >= 11 is 0. The van der Waals surface area contributed by atoms with Gasteiger partial charge in [-0.05, 0) is 48.9 Å². The fourth-order valence-electron chi connectivity index (χ4n) is 2.61. The molecule has 0 radical (unpaired) electrons. The molecule has 3 rings (SSSR count). The molecule has 0 aliphatic rings. The fraction of sp³-hybridized carbons (Fsp3) is 0.158. The lowest BCUT2D eigenvalue weighted by atomic mass is 10.1. The maximum atomic E-state index is 12.3. The minimum atomic E-state index is -3.34. The third-order valence-electron chi connectivity index (χ3n) is 3.94. The molecule has 0 fully saturated rings. The Morgan fingerprint density at radius 1 is 1.07 bits per heavy atom. The monoisotopic (exact) mass is 384 g/mol. The number of nitrogens with one attached hydrogen (secondary N) is 2. The van der Waals surface area contributed by atoms with E-state index in [0.717, 1.165) is 23.3 Å². The Bertz CT molecular complexity index is 1040. The average Bonchev–Trinajstić information content (AvgIpc) is 3.05. The van der Waals surface area contributed by atoms with E-state index in [2.05, 4.69) is 15.0 Å². The molecule has 27 heavy (non-hydrogen) atoms. The maximum Gasteiger partial charge on any atom is 0.251 e. The Labute approximate surface area is 158 Å². The number of anilines is 1. The Balaban J connectivity index is 1.59. The summed E-state index contributed by atoms with van der Waals surface area (Å²) in [7, 11) is -3.34. The number of benzene rings is 2. The number of hydrogen-bond acceptors (Lipinski definition) is 4. The standard InChI is InChI=1S/C19H20N4O3S/c1-14-20-11-12-23(14)18-9-3-15(4-10-18)13-21-19(24)16-5-7-17(8-6-16)22-27(2,25)26/h3-12,22H,13H2,1-2H3,(H,21,24). The molecule has 0 saturated heterocycles. The van der Waals surface area contributed by atoms with Gasteiger partial charge < -0.3 is 9.88 Å². The molecule has 0 aliphatic carbocycles. The zero-order valence-electron chi connectivity index (χ0n) is 15.0. The number of aromatic nitrogens is 2. The number of hydrogen-bond donors (Lipinski definition) is 2. The van der Waals surface area contributed by atoms with E-state index in [9.17, 15) is 13.2 Å². The Morgan fingerprint density at radius 2 is 1.74 bits per heavy atom. The van der Waals surface area contributed by atoms with E-state index in [4.69, 9.17) is 0 Å². The van der Waals surface area contributed by atoms with Crippen LogP contribution in [0.5, 0.6) is 0 Å². The van der Waals surface area contributed by atoms with Crippen LogP contribution < -0.4 is 10.0 Å². The zero-order valence-corrected chi connectivity index (χ0v) is 15.8. The molecule has 0 bridgehead atoms. The first kappa shape index (κ1) is 18.7. The second-order valence-electron chi connectivity index (χ2n) is 6.15. The summed E-state index contributed by atoms with van der Waals surface area (Å²) in [4.78, 5) is 16.5. The average molecular weight is 384 g/mol. The summed E-state index contributed by atoms with van der Waals surface area (Å²) in [6, 6.07) is 14.1. The Morgan fingerprint density at radius 3 is 2.30 bits per heavy atom. The van der Waals surface area contributed by atoms with Crippen LogP contribution in [-0.4, -0.2) is 30.1 Å². The van der Waals surface area contributed by atoms with Crippen LogP contribution in [0.2, 0.25) is 0 Å². The highest BCUT2D eigenvalue weighted by molar-refractivity contribution is 7.92. The van der Waals surface area contributed by atoms with Crippen LogP contribution in [0.1, 0.15) is 21.7 Å². The maximum absolute atomic E-state index is 12.3. The van der Waals surface area contributed by atoms with E-state index in [0.29, 0.717) is 17.8 Å². The molecule has 1 heterocycles. The van der Waals surface area contributed by atoms with Crippen LogP contribution >= 0.6 is 0 Å². The van der Waals surface area contributed by atoms with Crippen molar-refractivity contribution in [2.75, 3.05) is 11.0 Å². The predicted octanol–water partition coefficient (Wildman–Crippen LogP) is 2.48. The lowest BCUT2D eigenvalue weighted by Gasteiger charge is -2.09. The molecule has 3 aromatic rings. The van der Waals surface area contributed by atoms with E-state index in [-0.39, 0.29) is 5.91 Å². The fourth-order valence-corrected chi connectivity index (χ4v) is 3.18. The molecule has 7 nitrogen and oxygen atoms in total. The first-order valence-electron chi connectivity index (χ1n) is 8.27. The van der Waals surface area contributed by atoms with Gasteiger partial charge in [0, 0.05) is 35.9 Å². The lowest BCUT2D eigenvalue weighted by molar-refractivity contribution is 0.0951. The predicted molar refractivity (Wildman–Crippen MR) is 104 cm³/mol.